The molecule has 3 N–H and O–H groups in total. The molecule has 0 unspecified atom stereocenters. The third kappa shape index (κ3) is 16.5. The number of rotatable bonds is 22. The zero-order valence-corrected chi connectivity index (χ0v) is 32.4. The predicted octanol–water partition coefficient (Wildman–Crippen LogP) is 4.70. The van der Waals surface area contributed by atoms with E-state index in [1.807, 2.05) is 58.9 Å². The average Bonchev–Trinajstić information content (AvgIpc) is 3.57. The molecule has 13 nitrogen and oxygen atoms in total. The second kappa shape index (κ2) is 22.8. The Hall–Kier alpha value is -4.23. The normalized spacial score (nSPS) is 15.7. The number of likely N-dealkylation sites (N-methyl/N-ethyl adjacent to an activating group) is 1. The number of unbranched alkanes of at least 4 members (excludes halogenated alkanes) is 2. The first-order valence-corrected chi connectivity index (χ1v) is 19.1. The van der Waals surface area contributed by atoms with Crippen LogP contribution in [0.1, 0.15) is 102 Å². The Balaban J connectivity index is 1.20. The van der Waals surface area contributed by atoms with Crippen LogP contribution in [-0.2, 0) is 39.9 Å². The van der Waals surface area contributed by atoms with Crippen molar-refractivity contribution in [2.45, 2.75) is 111 Å². The number of carbonyl (C=O) groups is 5. The Morgan fingerprint density at radius 1 is 0.849 bits per heavy atom. The van der Waals surface area contributed by atoms with Crippen LogP contribution in [-0.4, -0.2) is 91.9 Å². The minimum absolute atomic E-state index is 0.0287. The maximum Gasteiger partial charge on any atom is 0.308 e. The van der Waals surface area contributed by atoms with Gasteiger partial charge in [-0.15, -0.1) is 0 Å². The molecule has 1 aromatic carbocycles. The number of ether oxygens (including phenoxy) is 3. The first-order valence-electron chi connectivity index (χ1n) is 19.1. The molecule has 294 valence electrons. The SMILES string of the molecule is CCN(C(=O)Cn1cccc1C(=O)NC1CCC(C(=O)NCCCCCC(=O)NCCOCCOCCC(=O)OC(C)(C)C)CC1)c1cccc(C)c1. The van der Waals surface area contributed by atoms with Crippen molar-refractivity contribution in [3.63, 3.8) is 0 Å². The number of hydrogen-bond donors (Lipinski definition) is 3. The minimum Gasteiger partial charge on any atom is -0.460 e. The van der Waals surface area contributed by atoms with Crippen molar-refractivity contribution in [2.24, 2.45) is 5.92 Å². The second-order valence-corrected chi connectivity index (χ2v) is 14.5. The van der Waals surface area contributed by atoms with Crippen molar-refractivity contribution in [1.29, 1.82) is 0 Å². The molecule has 1 aliphatic carbocycles. The fourth-order valence-corrected chi connectivity index (χ4v) is 6.21. The molecule has 1 saturated carbocycles. The summed E-state index contributed by atoms with van der Waals surface area (Å²) in [6.07, 6.45) is 7.56. The van der Waals surface area contributed by atoms with E-state index in [9.17, 15) is 24.0 Å². The van der Waals surface area contributed by atoms with Gasteiger partial charge in [0.05, 0.1) is 32.8 Å². The number of nitrogens with zero attached hydrogens (tertiary/aromatic N) is 2. The van der Waals surface area contributed by atoms with Gasteiger partial charge in [-0.25, -0.2) is 0 Å². The number of nitrogens with one attached hydrogen (secondary N) is 3. The van der Waals surface area contributed by atoms with Crippen LogP contribution in [0.25, 0.3) is 0 Å². The van der Waals surface area contributed by atoms with E-state index in [1.165, 1.54) is 0 Å². The molecule has 13 heteroatoms. The van der Waals surface area contributed by atoms with E-state index < -0.39 is 5.60 Å². The lowest BCUT2D eigenvalue weighted by atomic mass is 9.85. The number of carbonyl (C=O) groups excluding carboxylic acids is 5. The van der Waals surface area contributed by atoms with Gasteiger partial charge in [0.15, 0.2) is 0 Å². The highest BCUT2D eigenvalue weighted by molar-refractivity contribution is 5.96. The smallest absolute Gasteiger partial charge is 0.308 e. The zero-order valence-electron chi connectivity index (χ0n) is 32.4. The summed E-state index contributed by atoms with van der Waals surface area (Å²) in [5, 5.41) is 8.99. The minimum atomic E-state index is -0.503. The van der Waals surface area contributed by atoms with Gasteiger partial charge < -0.3 is 39.6 Å². The quantitative estimate of drug-likeness (QED) is 0.116. The maximum atomic E-state index is 13.2. The molecule has 0 saturated heterocycles. The standard InChI is InChI=1S/C40H61N5O8/c1-6-45(33-13-10-12-30(2)28-33)36(47)29-44-23-11-14-34(44)39(50)43-32-18-16-31(17-19-32)38(49)42-21-9-7-8-15-35(46)41-22-25-52-27-26-51-24-20-37(48)53-40(3,4)5/h10-14,23,28,31-32H,6-9,15-22,24-27,29H2,1-5H3,(H,41,46)(H,42,49)(H,43,50). The van der Waals surface area contributed by atoms with Crippen molar-refractivity contribution in [1.82, 2.24) is 20.5 Å². The second-order valence-electron chi connectivity index (χ2n) is 14.5. The Kier molecular flexibility index (Phi) is 18.5. The lowest BCUT2D eigenvalue weighted by Gasteiger charge is -2.28. The van der Waals surface area contributed by atoms with Gasteiger partial charge in [0.2, 0.25) is 17.7 Å². The summed E-state index contributed by atoms with van der Waals surface area (Å²) in [6, 6.07) is 11.3. The number of aryl methyl sites for hydroxylation is 1. The van der Waals surface area contributed by atoms with Gasteiger partial charge in [-0.2, -0.15) is 0 Å². The zero-order chi connectivity index (χ0) is 38.6. The van der Waals surface area contributed by atoms with Crippen LogP contribution < -0.4 is 20.9 Å². The summed E-state index contributed by atoms with van der Waals surface area (Å²) < 4.78 is 17.7. The molecular weight excluding hydrogens is 678 g/mol. The van der Waals surface area contributed by atoms with E-state index in [1.54, 1.807) is 27.8 Å². The van der Waals surface area contributed by atoms with Crippen molar-refractivity contribution in [2.75, 3.05) is 51.0 Å². The Labute approximate surface area is 314 Å². The number of hydrogen-bond acceptors (Lipinski definition) is 8. The Morgan fingerprint density at radius 2 is 1.58 bits per heavy atom. The van der Waals surface area contributed by atoms with E-state index in [4.69, 9.17) is 14.2 Å². The van der Waals surface area contributed by atoms with E-state index in [2.05, 4.69) is 16.0 Å². The predicted molar refractivity (Wildman–Crippen MR) is 203 cm³/mol. The monoisotopic (exact) mass is 739 g/mol. The van der Waals surface area contributed by atoms with Gasteiger partial charge in [-0.3, -0.25) is 24.0 Å². The Bertz CT molecular complexity index is 1460. The number of benzene rings is 1. The van der Waals surface area contributed by atoms with Crippen LogP contribution in [0.3, 0.4) is 0 Å². The first kappa shape index (κ1) is 43.2. The molecule has 0 radical (unpaired) electrons. The molecule has 2 aromatic rings. The van der Waals surface area contributed by atoms with Gasteiger partial charge in [0, 0.05) is 49.9 Å². The molecule has 1 aromatic heterocycles. The molecule has 53 heavy (non-hydrogen) atoms. The lowest BCUT2D eigenvalue weighted by Crippen LogP contribution is -2.42. The number of anilines is 1. The van der Waals surface area contributed by atoms with Crippen molar-refractivity contribution >= 4 is 35.3 Å². The number of esters is 1. The van der Waals surface area contributed by atoms with Crippen LogP contribution in [0.4, 0.5) is 5.69 Å². The molecule has 0 spiro atoms. The van der Waals surface area contributed by atoms with Crippen LogP contribution in [0.2, 0.25) is 0 Å². The van der Waals surface area contributed by atoms with E-state index in [-0.39, 0.29) is 61.1 Å². The molecule has 3 rings (SSSR count). The topological polar surface area (TPSA) is 157 Å². The summed E-state index contributed by atoms with van der Waals surface area (Å²) in [7, 11) is 0. The lowest BCUT2D eigenvalue weighted by molar-refractivity contribution is -0.156. The van der Waals surface area contributed by atoms with Crippen molar-refractivity contribution < 1.29 is 38.2 Å². The fraction of sp³-hybridized carbons (Fsp3) is 0.625. The highest BCUT2D eigenvalue weighted by Gasteiger charge is 2.28. The van der Waals surface area contributed by atoms with Crippen molar-refractivity contribution in [3.05, 3.63) is 53.9 Å². The molecule has 0 aliphatic heterocycles. The number of aromatic nitrogens is 1. The summed E-state index contributed by atoms with van der Waals surface area (Å²) >= 11 is 0. The summed E-state index contributed by atoms with van der Waals surface area (Å²) in [4.78, 5) is 64.6. The van der Waals surface area contributed by atoms with E-state index >= 15 is 0 Å². The van der Waals surface area contributed by atoms with Gasteiger partial charge in [0.25, 0.3) is 5.91 Å². The molecule has 0 bridgehead atoms. The summed E-state index contributed by atoms with van der Waals surface area (Å²) in [6.45, 7) is 12.4. The fourth-order valence-electron chi connectivity index (χ4n) is 6.21. The number of amides is 4. The van der Waals surface area contributed by atoms with Crippen molar-refractivity contribution in [3.8, 4) is 0 Å². The van der Waals surface area contributed by atoms with Crippen LogP contribution >= 0.6 is 0 Å². The van der Waals surface area contributed by atoms with E-state index in [0.29, 0.717) is 77.3 Å². The first-order chi connectivity index (χ1) is 25.4. The van der Waals surface area contributed by atoms with Gasteiger partial charge in [-0.05, 0) is 103 Å². The Morgan fingerprint density at radius 3 is 2.28 bits per heavy atom. The third-order valence-electron chi connectivity index (χ3n) is 8.92. The average molecular weight is 740 g/mol. The molecule has 1 aliphatic rings. The van der Waals surface area contributed by atoms with Crippen LogP contribution in [0.15, 0.2) is 42.6 Å². The largest absolute Gasteiger partial charge is 0.460 e. The van der Waals surface area contributed by atoms with Crippen LogP contribution in [0.5, 0.6) is 0 Å². The molecule has 0 atom stereocenters. The van der Waals surface area contributed by atoms with Gasteiger partial charge in [-0.1, -0.05) is 18.6 Å². The van der Waals surface area contributed by atoms with Gasteiger partial charge >= 0.3 is 5.97 Å². The maximum absolute atomic E-state index is 13.2. The summed E-state index contributed by atoms with van der Waals surface area (Å²) in [5.41, 5.74) is 1.85. The third-order valence-corrected chi connectivity index (χ3v) is 8.92. The molecule has 1 heterocycles. The highest BCUT2D eigenvalue weighted by atomic mass is 16.6. The van der Waals surface area contributed by atoms with E-state index in [0.717, 1.165) is 30.5 Å². The molecule has 1 fully saturated rings. The molecular formula is C40H61N5O8. The van der Waals surface area contributed by atoms with Gasteiger partial charge in [0.1, 0.15) is 17.8 Å². The highest BCUT2D eigenvalue weighted by Crippen LogP contribution is 2.25. The molecule has 4 amide bonds. The summed E-state index contributed by atoms with van der Waals surface area (Å²) in [5.74, 6) is -0.666. The van der Waals surface area contributed by atoms with Crippen LogP contribution in [0, 0.1) is 12.8 Å².